The van der Waals surface area contributed by atoms with Crippen molar-refractivity contribution in [2.24, 2.45) is 0 Å². The van der Waals surface area contributed by atoms with Crippen molar-refractivity contribution in [3.05, 3.63) is 62.5 Å². The van der Waals surface area contributed by atoms with E-state index in [4.69, 9.17) is 26.8 Å². The van der Waals surface area contributed by atoms with Crippen molar-refractivity contribution in [3.63, 3.8) is 0 Å². The number of morpholine rings is 1. The summed E-state index contributed by atoms with van der Waals surface area (Å²) in [6.07, 6.45) is 1.64. The molecule has 7 rings (SSSR count). The van der Waals surface area contributed by atoms with Crippen molar-refractivity contribution in [1.82, 2.24) is 24.8 Å². The van der Waals surface area contributed by atoms with Gasteiger partial charge in [-0.05, 0) is 27.3 Å². The highest BCUT2D eigenvalue weighted by Gasteiger charge is 2.51. The Labute approximate surface area is 262 Å². The number of rotatable bonds is 2. The van der Waals surface area contributed by atoms with Crippen molar-refractivity contribution in [3.8, 4) is 22.9 Å². The number of carbonyl (C=O) groups excluding carboxylic acids is 2. The molecule has 0 radical (unpaired) electrons. The summed E-state index contributed by atoms with van der Waals surface area (Å²) in [4.78, 5) is 40.7. The smallest absolute Gasteiger partial charge is 0.439 e. The predicted molar refractivity (Wildman–Crippen MR) is 159 cm³/mol. The lowest BCUT2D eigenvalue weighted by atomic mass is 9.96. The van der Waals surface area contributed by atoms with Gasteiger partial charge in [0, 0.05) is 46.3 Å². The number of hydrogen-bond acceptors (Lipinski definition) is 11. The van der Waals surface area contributed by atoms with Gasteiger partial charge in [-0.2, -0.15) is 5.26 Å². The Hall–Kier alpha value is -4.85. The SMILES string of the molecule is N#Cc1c(N)sc2cccc(-c3c(F)cc4c(c3Cl)OCCC3CC5(CN(C(=O)n6nncc6[N+](=O)[O-])CCO5)CN3C4=O)c12. The van der Waals surface area contributed by atoms with Crippen LogP contribution in [0.5, 0.6) is 5.75 Å². The summed E-state index contributed by atoms with van der Waals surface area (Å²) in [6, 6.07) is 7.21. The number of thiophene rings is 1. The lowest BCUT2D eigenvalue weighted by molar-refractivity contribution is -0.391. The second-order valence-corrected chi connectivity index (χ2v) is 12.4. The van der Waals surface area contributed by atoms with Gasteiger partial charge in [0.15, 0.2) is 5.75 Å². The molecule has 14 nitrogen and oxygen atoms in total. The lowest BCUT2D eigenvalue weighted by Gasteiger charge is -2.39. The fourth-order valence-corrected chi connectivity index (χ4v) is 7.77. The third-order valence-electron chi connectivity index (χ3n) is 8.41. The molecule has 2 amide bonds. The van der Waals surface area contributed by atoms with Crippen LogP contribution >= 0.6 is 22.9 Å². The Bertz CT molecular complexity index is 1980. The van der Waals surface area contributed by atoms with Gasteiger partial charge in [0.05, 0.1) is 42.5 Å². The molecule has 1 spiro atoms. The van der Waals surface area contributed by atoms with E-state index in [0.29, 0.717) is 38.2 Å². The van der Waals surface area contributed by atoms with Crippen LogP contribution in [0.2, 0.25) is 5.02 Å². The molecule has 2 unspecified atom stereocenters. The second kappa shape index (κ2) is 10.6. The van der Waals surface area contributed by atoms with Crippen LogP contribution in [0.4, 0.5) is 20.0 Å². The fraction of sp³-hybridized carbons (Fsp3) is 0.321. The number of carbonyl (C=O) groups is 2. The molecule has 45 heavy (non-hydrogen) atoms. The molecule has 3 aliphatic rings. The third-order valence-corrected chi connectivity index (χ3v) is 9.76. The van der Waals surface area contributed by atoms with Crippen LogP contribution in [0, 0.1) is 27.3 Å². The summed E-state index contributed by atoms with van der Waals surface area (Å²) in [7, 11) is 0. The van der Waals surface area contributed by atoms with E-state index >= 15 is 4.39 Å². The first-order valence-electron chi connectivity index (χ1n) is 13.8. The second-order valence-electron chi connectivity index (χ2n) is 11.0. The average molecular weight is 653 g/mol. The van der Waals surface area contributed by atoms with Crippen LogP contribution in [-0.4, -0.2) is 86.1 Å². The van der Waals surface area contributed by atoms with Crippen molar-refractivity contribution >= 4 is 55.8 Å². The predicted octanol–water partition coefficient (Wildman–Crippen LogP) is 4.05. The number of aromatic nitrogens is 3. The Balaban J connectivity index is 1.22. The van der Waals surface area contributed by atoms with Gasteiger partial charge >= 0.3 is 11.8 Å². The van der Waals surface area contributed by atoms with Gasteiger partial charge in [0.2, 0.25) is 0 Å². The van der Waals surface area contributed by atoms with Crippen molar-refractivity contribution < 1.29 is 28.4 Å². The zero-order valence-corrected chi connectivity index (χ0v) is 24.8. The zero-order valence-electron chi connectivity index (χ0n) is 23.2. The molecule has 4 aromatic rings. The minimum Gasteiger partial charge on any atom is -0.491 e. The minimum absolute atomic E-state index is 0.00916. The van der Waals surface area contributed by atoms with Gasteiger partial charge < -0.3 is 30.2 Å². The molecule has 2 aromatic heterocycles. The molecule has 17 heteroatoms. The van der Waals surface area contributed by atoms with Crippen molar-refractivity contribution in [1.29, 1.82) is 5.26 Å². The summed E-state index contributed by atoms with van der Waals surface area (Å²) in [5, 5.41) is 28.8. The Morgan fingerprint density at radius 3 is 2.91 bits per heavy atom. The van der Waals surface area contributed by atoms with Crippen LogP contribution in [0.25, 0.3) is 21.2 Å². The number of ether oxygens (including phenoxy) is 2. The molecule has 3 aliphatic heterocycles. The van der Waals surface area contributed by atoms with E-state index in [2.05, 4.69) is 16.4 Å². The maximum absolute atomic E-state index is 16.0. The Morgan fingerprint density at radius 2 is 2.13 bits per heavy atom. The van der Waals surface area contributed by atoms with Crippen molar-refractivity contribution in [2.45, 2.75) is 24.5 Å². The van der Waals surface area contributed by atoms with Crippen LogP contribution in [-0.2, 0) is 4.74 Å². The number of nitrogens with zero attached hydrogens (tertiary/aromatic N) is 7. The van der Waals surface area contributed by atoms with Crippen LogP contribution in [0.15, 0.2) is 30.5 Å². The highest BCUT2D eigenvalue weighted by atomic mass is 35.5. The number of nitrogen functional groups attached to an aromatic ring is 1. The number of benzene rings is 2. The number of halogens is 2. The van der Waals surface area contributed by atoms with E-state index in [0.717, 1.165) is 12.3 Å². The Kier molecular flexibility index (Phi) is 6.84. The van der Waals surface area contributed by atoms with Gasteiger partial charge in [-0.3, -0.25) is 9.69 Å². The average Bonchev–Trinajstić information content (AvgIpc) is 3.72. The minimum atomic E-state index is -0.974. The number of nitrogens with two attached hydrogens (primary N) is 1. The molecule has 2 fully saturated rings. The molecule has 5 heterocycles. The van der Waals surface area contributed by atoms with Crippen LogP contribution in [0.1, 0.15) is 28.8 Å². The first-order valence-corrected chi connectivity index (χ1v) is 15.0. The number of fused-ring (bicyclic) bond motifs is 3. The summed E-state index contributed by atoms with van der Waals surface area (Å²) in [5.41, 5.74) is 5.58. The van der Waals surface area contributed by atoms with Crippen LogP contribution in [0.3, 0.4) is 0 Å². The molecule has 0 bridgehead atoms. The molecule has 2 aromatic carbocycles. The molecule has 0 saturated carbocycles. The summed E-state index contributed by atoms with van der Waals surface area (Å²) < 4.78 is 29.5. The van der Waals surface area contributed by atoms with Gasteiger partial charge in [-0.25, -0.2) is 9.18 Å². The first-order chi connectivity index (χ1) is 21.6. The Morgan fingerprint density at radius 1 is 1.31 bits per heavy atom. The van der Waals surface area contributed by atoms with E-state index in [1.165, 1.54) is 16.2 Å². The maximum Gasteiger partial charge on any atom is 0.439 e. The van der Waals surface area contributed by atoms with E-state index in [1.807, 2.05) is 0 Å². The van der Waals surface area contributed by atoms with Gasteiger partial charge in [0.1, 0.15) is 28.7 Å². The number of hydrogen-bond donors (Lipinski definition) is 1. The number of nitro groups is 1. The fourth-order valence-electron chi connectivity index (χ4n) is 6.48. The highest BCUT2D eigenvalue weighted by Crippen LogP contribution is 2.47. The van der Waals surface area contributed by atoms with Gasteiger partial charge in [-0.1, -0.05) is 23.7 Å². The molecule has 2 atom stereocenters. The number of anilines is 1. The van der Waals surface area contributed by atoms with Crippen molar-refractivity contribution in [2.75, 3.05) is 38.6 Å². The molecule has 0 aliphatic carbocycles. The summed E-state index contributed by atoms with van der Waals surface area (Å²) >= 11 is 8.01. The summed E-state index contributed by atoms with van der Waals surface area (Å²) in [5.74, 6) is -1.84. The summed E-state index contributed by atoms with van der Waals surface area (Å²) in [6.45, 7) is 0.555. The lowest BCUT2D eigenvalue weighted by Crippen LogP contribution is -2.56. The van der Waals surface area contributed by atoms with E-state index in [9.17, 15) is 25.0 Å². The topological polar surface area (TPSA) is 183 Å². The number of amides is 2. The third kappa shape index (κ3) is 4.54. The van der Waals surface area contributed by atoms with E-state index in [1.54, 1.807) is 23.1 Å². The molecule has 230 valence electrons. The zero-order chi connectivity index (χ0) is 31.6. The van der Waals surface area contributed by atoms with Crippen LogP contribution < -0.4 is 10.5 Å². The molecule has 2 N–H and O–H groups in total. The van der Waals surface area contributed by atoms with E-state index < -0.39 is 34.1 Å². The van der Waals surface area contributed by atoms with Gasteiger partial charge in [-0.15, -0.1) is 16.4 Å². The largest absolute Gasteiger partial charge is 0.491 e. The first kappa shape index (κ1) is 28.9. The highest BCUT2D eigenvalue weighted by molar-refractivity contribution is 7.23. The number of nitriles is 1. The van der Waals surface area contributed by atoms with E-state index in [-0.39, 0.29) is 66.4 Å². The molecule has 2 saturated heterocycles. The maximum atomic E-state index is 16.0. The normalized spacial score (nSPS) is 21.2. The monoisotopic (exact) mass is 652 g/mol. The molecular formula is C28H22ClFN8O6S. The van der Waals surface area contributed by atoms with Gasteiger partial charge in [0.25, 0.3) is 5.91 Å². The standard InChI is InChI=1S/C28H22ClFN8O6S/c29-23-22(15-2-1-3-19-21(15)17(10-31)25(32)45-19)18(30)8-16-24(23)43-6-4-14-9-28(13-36(14)26(16)39)12-35(5-7-44-28)27(40)37-20(38(41)42)11-33-34-37/h1-3,8,11,14H,4-7,9,12-13,32H2. The quantitative estimate of drug-likeness (QED) is 0.245. The molecular weight excluding hydrogens is 631 g/mol.